The largest absolute Gasteiger partial charge is 0.192 e. The molecule has 0 amide bonds. The van der Waals surface area contributed by atoms with Gasteiger partial charge < -0.3 is 0 Å². The predicted octanol–water partition coefficient (Wildman–Crippen LogP) is 3.00. The fraction of sp³-hybridized carbons (Fsp3) is 0. The first-order valence-electron chi connectivity index (χ1n) is 3.93. The lowest BCUT2D eigenvalue weighted by Crippen LogP contribution is -1.79. The smallest absolute Gasteiger partial charge is 0.100 e. The van der Waals surface area contributed by atoms with Crippen LogP contribution in [0.25, 0.3) is 10.8 Å². The molecule has 0 aliphatic heterocycles. The summed E-state index contributed by atoms with van der Waals surface area (Å²) in [6.45, 7) is 0. The van der Waals surface area contributed by atoms with Gasteiger partial charge in [-0.3, -0.25) is 0 Å². The number of rotatable bonds is 0. The van der Waals surface area contributed by atoms with Crippen LogP contribution in [0.4, 0.5) is 0 Å². The van der Waals surface area contributed by atoms with Gasteiger partial charge in [-0.05, 0) is 22.9 Å². The summed E-state index contributed by atoms with van der Waals surface area (Å²) < 4.78 is 0. The Balaban J connectivity index is 2.83. The topological polar surface area (TPSA) is 23.8 Å². The molecule has 2 rings (SSSR count). The van der Waals surface area contributed by atoms with E-state index in [0.717, 1.165) is 15.7 Å². The quantitative estimate of drug-likeness (QED) is 0.627. The Morgan fingerprint density at radius 2 is 1.69 bits per heavy atom. The van der Waals surface area contributed by atoms with E-state index in [1.807, 2.05) is 36.4 Å². The van der Waals surface area contributed by atoms with Crippen molar-refractivity contribution in [2.75, 3.05) is 0 Å². The third-order valence-corrected chi connectivity index (χ3v) is 2.35. The first kappa shape index (κ1) is 8.15. The zero-order valence-electron chi connectivity index (χ0n) is 6.86. The highest BCUT2D eigenvalue weighted by atomic mass is 32.1. The van der Waals surface area contributed by atoms with Crippen LogP contribution >= 0.6 is 12.6 Å². The van der Waals surface area contributed by atoms with Gasteiger partial charge in [-0.2, -0.15) is 5.26 Å². The average Bonchev–Trinajstić information content (AvgIpc) is 2.17. The molecule has 0 heterocycles. The van der Waals surface area contributed by atoms with E-state index in [0.29, 0.717) is 5.56 Å². The maximum atomic E-state index is 8.78. The third-order valence-electron chi connectivity index (χ3n) is 1.98. The summed E-state index contributed by atoms with van der Waals surface area (Å²) in [6, 6.07) is 13.8. The van der Waals surface area contributed by atoms with Gasteiger partial charge in [-0.1, -0.05) is 24.3 Å². The molecule has 0 aliphatic rings. The van der Waals surface area contributed by atoms with Crippen molar-refractivity contribution in [3.05, 3.63) is 42.0 Å². The molecule has 0 saturated heterocycles. The highest BCUT2D eigenvalue weighted by Gasteiger charge is 1.99. The Morgan fingerprint density at radius 3 is 2.31 bits per heavy atom. The summed E-state index contributed by atoms with van der Waals surface area (Å²) in [4.78, 5) is 0.737. The highest BCUT2D eigenvalue weighted by molar-refractivity contribution is 7.80. The Morgan fingerprint density at radius 1 is 1.08 bits per heavy atom. The van der Waals surface area contributed by atoms with Gasteiger partial charge in [0.1, 0.15) is 6.07 Å². The minimum atomic E-state index is 0.627. The lowest BCUT2D eigenvalue weighted by molar-refractivity contribution is 1.40. The van der Waals surface area contributed by atoms with E-state index >= 15 is 0 Å². The second-order valence-corrected chi connectivity index (χ2v) is 3.31. The minimum Gasteiger partial charge on any atom is -0.192 e. The lowest BCUT2D eigenvalue weighted by atomic mass is 10.1. The molecule has 0 aromatic heterocycles. The van der Waals surface area contributed by atoms with Crippen molar-refractivity contribution < 1.29 is 0 Å². The van der Waals surface area contributed by atoms with Gasteiger partial charge in [0.15, 0.2) is 0 Å². The molecule has 2 aromatic carbocycles. The van der Waals surface area contributed by atoms with Crippen molar-refractivity contribution in [3.63, 3.8) is 0 Å². The van der Waals surface area contributed by atoms with Gasteiger partial charge in [-0.15, -0.1) is 12.6 Å². The van der Waals surface area contributed by atoms with Gasteiger partial charge in [0.05, 0.1) is 5.56 Å². The summed E-state index contributed by atoms with van der Waals surface area (Å²) in [5.74, 6) is 0. The van der Waals surface area contributed by atoms with Crippen LogP contribution in [0.3, 0.4) is 0 Å². The summed E-state index contributed by atoms with van der Waals surface area (Å²) >= 11 is 4.23. The van der Waals surface area contributed by atoms with Gasteiger partial charge in [0.2, 0.25) is 0 Å². The molecular weight excluding hydrogens is 178 g/mol. The van der Waals surface area contributed by atoms with Crippen molar-refractivity contribution in [3.8, 4) is 6.07 Å². The molecule has 2 aromatic rings. The van der Waals surface area contributed by atoms with Crippen LogP contribution in [0.1, 0.15) is 5.56 Å². The molecule has 0 bridgehead atoms. The van der Waals surface area contributed by atoms with Crippen molar-refractivity contribution in [1.82, 2.24) is 0 Å². The van der Waals surface area contributed by atoms with E-state index in [4.69, 9.17) is 5.26 Å². The monoisotopic (exact) mass is 185 g/mol. The molecule has 0 fully saturated rings. The van der Waals surface area contributed by atoms with Gasteiger partial charge in [0.25, 0.3) is 0 Å². The molecule has 0 aliphatic carbocycles. The molecule has 1 nitrogen and oxygen atoms in total. The Labute approximate surface area is 82.0 Å². The molecule has 0 spiro atoms. The van der Waals surface area contributed by atoms with Crippen molar-refractivity contribution >= 4 is 23.4 Å². The first-order valence-corrected chi connectivity index (χ1v) is 4.38. The average molecular weight is 185 g/mol. The number of nitriles is 1. The number of hydrogen-bond acceptors (Lipinski definition) is 2. The van der Waals surface area contributed by atoms with Gasteiger partial charge in [-0.25, -0.2) is 0 Å². The van der Waals surface area contributed by atoms with Crippen LogP contribution in [0.2, 0.25) is 0 Å². The van der Waals surface area contributed by atoms with Crippen molar-refractivity contribution in [1.29, 1.82) is 5.26 Å². The number of benzene rings is 2. The summed E-state index contributed by atoms with van der Waals surface area (Å²) in [6.07, 6.45) is 0. The zero-order chi connectivity index (χ0) is 9.26. The maximum absolute atomic E-state index is 8.78. The van der Waals surface area contributed by atoms with Crippen molar-refractivity contribution in [2.24, 2.45) is 0 Å². The van der Waals surface area contributed by atoms with E-state index in [1.54, 1.807) is 0 Å². The van der Waals surface area contributed by atoms with E-state index in [2.05, 4.69) is 18.7 Å². The van der Waals surface area contributed by atoms with Gasteiger partial charge in [0, 0.05) is 4.90 Å². The van der Waals surface area contributed by atoms with E-state index in [1.165, 1.54) is 0 Å². The van der Waals surface area contributed by atoms with E-state index < -0.39 is 0 Å². The van der Waals surface area contributed by atoms with Crippen LogP contribution in [0.5, 0.6) is 0 Å². The third kappa shape index (κ3) is 1.39. The molecule has 62 valence electrons. The van der Waals surface area contributed by atoms with E-state index in [-0.39, 0.29) is 0 Å². The van der Waals surface area contributed by atoms with Gasteiger partial charge >= 0.3 is 0 Å². The fourth-order valence-corrected chi connectivity index (χ4v) is 1.57. The molecule has 0 N–H and O–H groups in total. The number of nitrogens with zero attached hydrogens (tertiary/aromatic N) is 1. The molecule has 0 unspecified atom stereocenters. The molecule has 2 heteroatoms. The first-order chi connectivity index (χ1) is 6.31. The summed E-state index contributed by atoms with van der Waals surface area (Å²) in [7, 11) is 0. The molecule has 0 saturated carbocycles. The van der Waals surface area contributed by atoms with Crippen LogP contribution in [-0.2, 0) is 0 Å². The highest BCUT2D eigenvalue weighted by Crippen LogP contribution is 2.21. The standard InChI is InChI=1S/C11H7NS/c12-7-10-5-8-3-1-2-4-9(8)6-11(10)13/h1-6,13H. The number of hydrogen-bond donors (Lipinski definition) is 1. The van der Waals surface area contributed by atoms with Crippen LogP contribution in [0, 0.1) is 11.3 Å². The normalized spacial score (nSPS) is 9.85. The maximum Gasteiger partial charge on any atom is 0.100 e. The van der Waals surface area contributed by atoms with Crippen LogP contribution in [0.15, 0.2) is 41.3 Å². The van der Waals surface area contributed by atoms with Crippen molar-refractivity contribution in [2.45, 2.75) is 4.90 Å². The minimum absolute atomic E-state index is 0.627. The summed E-state index contributed by atoms with van der Waals surface area (Å²) in [5, 5.41) is 11.0. The molecule has 13 heavy (non-hydrogen) atoms. The second kappa shape index (κ2) is 3.12. The Kier molecular flexibility index (Phi) is 1.96. The number of fused-ring (bicyclic) bond motifs is 1. The second-order valence-electron chi connectivity index (χ2n) is 2.83. The molecular formula is C11H7NS. The van der Waals surface area contributed by atoms with Crippen LogP contribution in [-0.4, -0.2) is 0 Å². The molecule has 0 atom stereocenters. The zero-order valence-corrected chi connectivity index (χ0v) is 7.75. The SMILES string of the molecule is N#Cc1cc2ccccc2cc1S. The number of thiol groups is 1. The Hall–Kier alpha value is -1.46. The van der Waals surface area contributed by atoms with E-state index in [9.17, 15) is 0 Å². The lowest BCUT2D eigenvalue weighted by Gasteiger charge is -2.00. The molecule has 0 radical (unpaired) electrons. The van der Waals surface area contributed by atoms with Crippen LogP contribution < -0.4 is 0 Å². The predicted molar refractivity (Wildman–Crippen MR) is 55.9 cm³/mol. The Bertz CT molecular complexity index is 497. The summed E-state index contributed by atoms with van der Waals surface area (Å²) in [5.41, 5.74) is 0.627. The fourth-order valence-electron chi connectivity index (χ4n) is 1.32.